The minimum absolute atomic E-state index is 0.0745. The van der Waals surface area contributed by atoms with Crippen molar-refractivity contribution < 1.29 is 14.3 Å². The Bertz CT molecular complexity index is 764. The minimum Gasteiger partial charge on any atom is -0.496 e. The number of carbonyl (C=O) groups excluding carboxylic acids is 2. The fraction of sp³-hybridized carbons (Fsp3) is 0.263. The van der Waals surface area contributed by atoms with E-state index in [1.165, 1.54) is 7.11 Å². The number of carbonyl (C=O) groups is 2. The van der Waals surface area contributed by atoms with Gasteiger partial charge in [-0.1, -0.05) is 35.3 Å². The highest BCUT2D eigenvalue weighted by Gasteiger charge is 2.12. The lowest BCUT2D eigenvalue weighted by Crippen LogP contribution is -2.34. The highest BCUT2D eigenvalue weighted by atomic mass is 35.5. The zero-order valence-electron chi connectivity index (χ0n) is 14.4. The number of methoxy groups -OCH3 is 1. The van der Waals surface area contributed by atoms with Crippen LogP contribution in [0.5, 0.6) is 5.75 Å². The van der Waals surface area contributed by atoms with E-state index in [0.717, 1.165) is 5.56 Å². The summed E-state index contributed by atoms with van der Waals surface area (Å²) in [6, 6.07) is 12.2. The summed E-state index contributed by atoms with van der Waals surface area (Å²) in [6.45, 7) is 0.648. The van der Waals surface area contributed by atoms with E-state index in [1.54, 1.807) is 30.3 Å². The van der Waals surface area contributed by atoms with Crippen molar-refractivity contribution >= 4 is 35.0 Å². The Morgan fingerprint density at radius 1 is 0.962 bits per heavy atom. The molecule has 0 aliphatic rings. The first-order chi connectivity index (χ1) is 12.5. The van der Waals surface area contributed by atoms with Crippen molar-refractivity contribution in [2.45, 2.75) is 12.8 Å². The third kappa shape index (κ3) is 6.24. The second-order valence-corrected chi connectivity index (χ2v) is 6.45. The first-order valence-electron chi connectivity index (χ1n) is 8.12. The fourth-order valence-electron chi connectivity index (χ4n) is 2.33. The summed E-state index contributed by atoms with van der Waals surface area (Å²) in [7, 11) is 1.49. The van der Waals surface area contributed by atoms with Crippen molar-refractivity contribution in [2.75, 3.05) is 20.2 Å². The molecule has 0 aromatic heterocycles. The van der Waals surface area contributed by atoms with Gasteiger partial charge < -0.3 is 15.4 Å². The Balaban J connectivity index is 1.71. The Morgan fingerprint density at radius 3 is 2.31 bits per heavy atom. The van der Waals surface area contributed by atoms with Crippen LogP contribution >= 0.6 is 23.2 Å². The van der Waals surface area contributed by atoms with Gasteiger partial charge in [-0.2, -0.15) is 0 Å². The Hall–Kier alpha value is -2.24. The van der Waals surface area contributed by atoms with Crippen LogP contribution in [-0.4, -0.2) is 32.0 Å². The first-order valence-corrected chi connectivity index (χ1v) is 8.88. The summed E-state index contributed by atoms with van der Waals surface area (Å²) >= 11 is 11.7. The van der Waals surface area contributed by atoms with E-state index in [4.69, 9.17) is 27.9 Å². The smallest absolute Gasteiger partial charge is 0.255 e. The van der Waals surface area contributed by atoms with Gasteiger partial charge >= 0.3 is 0 Å². The maximum absolute atomic E-state index is 12.2. The number of hydrogen-bond acceptors (Lipinski definition) is 3. The number of aryl methyl sites for hydroxylation is 1. The van der Waals surface area contributed by atoms with Gasteiger partial charge in [-0.15, -0.1) is 0 Å². The second kappa shape index (κ2) is 10.0. The Labute approximate surface area is 162 Å². The van der Waals surface area contributed by atoms with Gasteiger partial charge in [-0.25, -0.2) is 0 Å². The molecule has 0 spiro atoms. The van der Waals surface area contributed by atoms with Crippen LogP contribution in [0.15, 0.2) is 42.5 Å². The number of amides is 2. The SMILES string of the molecule is COc1ccc(Cl)cc1C(=O)NCCNC(=O)CCc1ccc(Cl)cc1. The summed E-state index contributed by atoms with van der Waals surface area (Å²) in [5.41, 5.74) is 1.40. The van der Waals surface area contributed by atoms with Gasteiger partial charge in [0.2, 0.25) is 5.91 Å². The summed E-state index contributed by atoms with van der Waals surface area (Å²) in [4.78, 5) is 24.0. The lowest BCUT2D eigenvalue weighted by atomic mass is 10.1. The molecule has 0 fully saturated rings. The molecule has 2 aromatic carbocycles. The average Bonchev–Trinajstić information content (AvgIpc) is 2.64. The lowest BCUT2D eigenvalue weighted by Gasteiger charge is -2.10. The molecule has 0 atom stereocenters. The van der Waals surface area contributed by atoms with Crippen LogP contribution in [0.1, 0.15) is 22.3 Å². The third-order valence-electron chi connectivity index (χ3n) is 3.69. The molecular formula is C19H20Cl2N2O3. The average molecular weight is 395 g/mol. The van der Waals surface area contributed by atoms with Gasteiger partial charge in [0.15, 0.2) is 0 Å². The zero-order valence-corrected chi connectivity index (χ0v) is 15.9. The summed E-state index contributed by atoms with van der Waals surface area (Å²) in [5.74, 6) is 0.0631. The van der Waals surface area contributed by atoms with Crippen molar-refractivity contribution in [3.05, 3.63) is 63.6 Å². The highest BCUT2D eigenvalue weighted by Crippen LogP contribution is 2.22. The largest absolute Gasteiger partial charge is 0.496 e. The van der Waals surface area contributed by atoms with Gasteiger partial charge in [0.25, 0.3) is 5.91 Å². The van der Waals surface area contributed by atoms with Crippen LogP contribution in [0, 0.1) is 0 Å². The molecular weight excluding hydrogens is 375 g/mol. The van der Waals surface area contributed by atoms with E-state index in [9.17, 15) is 9.59 Å². The number of nitrogens with one attached hydrogen (secondary N) is 2. The third-order valence-corrected chi connectivity index (χ3v) is 4.18. The zero-order chi connectivity index (χ0) is 18.9. The minimum atomic E-state index is -0.306. The molecule has 0 aliphatic heterocycles. The van der Waals surface area contributed by atoms with E-state index in [0.29, 0.717) is 47.3 Å². The molecule has 0 saturated carbocycles. The van der Waals surface area contributed by atoms with E-state index in [-0.39, 0.29) is 11.8 Å². The standard InChI is InChI=1S/C19H20Cl2N2O3/c1-26-17-8-7-15(21)12-16(17)19(25)23-11-10-22-18(24)9-4-13-2-5-14(20)6-3-13/h2-3,5-8,12H,4,9-11H2,1H3,(H,22,24)(H,23,25). The molecule has 7 heteroatoms. The molecule has 2 N–H and O–H groups in total. The molecule has 0 bridgehead atoms. The number of hydrogen-bond donors (Lipinski definition) is 2. The van der Waals surface area contributed by atoms with Crippen LogP contribution in [-0.2, 0) is 11.2 Å². The number of ether oxygens (including phenoxy) is 1. The van der Waals surface area contributed by atoms with Crippen molar-refractivity contribution in [2.24, 2.45) is 0 Å². The number of rotatable bonds is 8. The van der Waals surface area contributed by atoms with Crippen molar-refractivity contribution in [3.63, 3.8) is 0 Å². The van der Waals surface area contributed by atoms with Crippen molar-refractivity contribution in [1.82, 2.24) is 10.6 Å². The Kier molecular flexibility index (Phi) is 7.75. The summed E-state index contributed by atoms with van der Waals surface area (Å²) in [6.07, 6.45) is 1.01. The summed E-state index contributed by atoms with van der Waals surface area (Å²) in [5, 5.41) is 6.63. The predicted octanol–water partition coefficient (Wildman–Crippen LogP) is 3.48. The van der Waals surface area contributed by atoms with E-state index in [2.05, 4.69) is 10.6 Å². The Morgan fingerprint density at radius 2 is 1.62 bits per heavy atom. The van der Waals surface area contributed by atoms with Gasteiger partial charge in [0, 0.05) is 29.6 Å². The maximum atomic E-state index is 12.2. The van der Waals surface area contributed by atoms with Crippen LogP contribution in [0.4, 0.5) is 0 Å². The van der Waals surface area contributed by atoms with Gasteiger partial charge in [0.1, 0.15) is 5.75 Å². The first kappa shape index (κ1) is 20.1. The van der Waals surface area contributed by atoms with Crippen molar-refractivity contribution in [1.29, 1.82) is 0 Å². The molecule has 0 saturated heterocycles. The molecule has 5 nitrogen and oxygen atoms in total. The van der Waals surface area contributed by atoms with Crippen LogP contribution in [0.3, 0.4) is 0 Å². The summed E-state index contributed by atoms with van der Waals surface area (Å²) < 4.78 is 5.15. The second-order valence-electron chi connectivity index (χ2n) is 5.58. The molecule has 0 unspecified atom stereocenters. The van der Waals surface area contributed by atoms with Crippen molar-refractivity contribution in [3.8, 4) is 5.75 Å². The molecule has 138 valence electrons. The number of benzene rings is 2. The van der Waals surface area contributed by atoms with Gasteiger partial charge in [-0.05, 0) is 42.3 Å². The molecule has 0 radical (unpaired) electrons. The lowest BCUT2D eigenvalue weighted by molar-refractivity contribution is -0.121. The van der Waals surface area contributed by atoms with Gasteiger partial charge in [-0.3, -0.25) is 9.59 Å². The van der Waals surface area contributed by atoms with Gasteiger partial charge in [0.05, 0.1) is 12.7 Å². The molecule has 0 aliphatic carbocycles. The van der Waals surface area contributed by atoms with E-state index >= 15 is 0 Å². The monoisotopic (exact) mass is 394 g/mol. The maximum Gasteiger partial charge on any atom is 0.255 e. The molecule has 2 aromatic rings. The molecule has 2 rings (SSSR count). The van der Waals surface area contributed by atoms with Crippen LogP contribution in [0.25, 0.3) is 0 Å². The molecule has 0 heterocycles. The molecule has 26 heavy (non-hydrogen) atoms. The van der Waals surface area contributed by atoms with Crippen LogP contribution < -0.4 is 15.4 Å². The van der Waals surface area contributed by atoms with Crippen LogP contribution in [0.2, 0.25) is 10.0 Å². The predicted molar refractivity (Wildman–Crippen MR) is 103 cm³/mol. The fourth-order valence-corrected chi connectivity index (χ4v) is 2.63. The highest BCUT2D eigenvalue weighted by molar-refractivity contribution is 6.31. The number of halogens is 2. The normalized spacial score (nSPS) is 10.3. The quantitative estimate of drug-likeness (QED) is 0.673. The topological polar surface area (TPSA) is 67.4 Å². The van der Waals surface area contributed by atoms with E-state index in [1.807, 2.05) is 12.1 Å². The van der Waals surface area contributed by atoms with E-state index < -0.39 is 0 Å². The molecule has 2 amide bonds.